The van der Waals surface area contributed by atoms with Crippen molar-refractivity contribution in [3.05, 3.63) is 58.1 Å². The fraction of sp³-hybridized carbons (Fsp3) is 0.320. The lowest BCUT2D eigenvalue weighted by Gasteiger charge is -2.26. The van der Waals surface area contributed by atoms with Crippen molar-refractivity contribution in [1.29, 1.82) is 0 Å². The van der Waals surface area contributed by atoms with E-state index in [2.05, 4.69) is 25.3 Å². The highest BCUT2D eigenvalue weighted by molar-refractivity contribution is 6.35. The zero-order valence-corrected chi connectivity index (χ0v) is 21.6. The van der Waals surface area contributed by atoms with Crippen molar-refractivity contribution in [2.75, 3.05) is 26.0 Å². The molecule has 0 aliphatic carbocycles. The molecule has 2 aromatic carbocycles. The second-order valence-corrected chi connectivity index (χ2v) is 9.95. The van der Waals surface area contributed by atoms with Gasteiger partial charge in [0.2, 0.25) is 5.91 Å². The molecule has 36 heavy (non-hydrogen) atoms. The van der Waals surface area contributed by atoms with Gasteiger partial charge in [-0.1, -0.05) is 23.2 Å². The normalized spacial score (nSPS) is 16.5. The average molecular weight is 526 g/mol. The molecule has 0 radical (unpaired) electrons. The summed E-state index contributed by atoms with van der Waals surface area (Å²) in [4.78, 5) is 45.8. The van der Waals surface area contributed by atoms with E-state index in [1.165, 1.54) is 11.2 Å². The van der Waals surface area contributed by atoms with Crippen molar-refractivity contribution in [3.8, 4) is 0 Å². The molecule has 2 amide bonds. The molecule has 1 aliphatic heterocycles. The largest absolute Gasteiger partial charge is 0.360 e. The van der Waals surface area contributed by atoms with E-state index in [0.717, 1.165) is 23.3 Å². The third kappa shape index (κ3) is 4.44. The van der Waals surface area contributed by atoms with E-state index in [1.807, 2.05) is 19.1 Å². The molecule has 4 aromatic rings. The number of likely N-dealkylation sites (N-methyl/N-ethyl adjacent to an activating group) is 1. The van der Waals surface area contributed by atoms with Crippen LogP contribution in [0.5, 0.6) is 0 Å². The highest BCUT2D eigenvalue weighted by Gasteiger charge is 2.36. The van der Waals surface area contributed by atoms with Gasteiger partial charge in [0.25, 0.3) is 5.91 Å². The SMILES string of the molecule is C[C@H](Nc1ncnc2cc(C(=O)N3CCC[C@H]3C(=O)N(C)C)c(Cl)cc12)c1nc2ccc(Cl)cc2[nH]1. The number of rotatable bonds is 5. The number of H-pyrrole nitrogens is 1. The predicted molar refractivity (Wildman–Crippen MR) is 140 cm³/mol. The molecule has 1 saturated heterocycles. The zero-order valence-electron chi connectivity index (χ0n) is 20.0. The van der Waals surface area contributed by atoms with Crippen LogP contribution in [0.3, 0.4) is 0 Å². The second kappa shape index (κ2) is 9.55. The van der Waals surface area contributed by atoms with Crippen molar-refractivity contribution in [2.24, 2.45) is 0 Å². The van der Waals surface area contributed by atoms with E-state index in [0.29, 0.717) is 40.3 Å². The van der Waals surface area contributed by atoms with Crippen LogP contribution in [-0.4, -0.2) is 68.2 Å². The minimum Gasteiger partial charge on any atom is -0.360 e. The first-order chi connectivity index (χ1) is 17.2. The van der Waals surface area contributed by atoms with Crippen LogP contribution in [0.1, 0.15) is 42.0 Å². The lowest BCUT2D eigenvalue weighted by molar-refractivity contribution is -0.132. The summed E-state index contributed by atoms with van der Waals surface area (Å²) in [7, 11) is 3.39. The number of amides is 2. The lowest BCUT2D eigenvalue weighted by atomic mass is 10.1. The van der Waals surface area contributed by atoms with E-state index in [9.17, 15) is 9.59 Å². The summed E-state index contributed by atoms with van der Waals surface area (Å²) in [5.41, 5.74) is 2.54. The number of benzene rings is 2. The van der Waals surface area contributed by atoms with Crippen molar-refractivity contribution in [3.63, 3.8) is 0 Å². The summed E-state index contributed by atoms with van der Waals surface area (Å²) in [5.74, 6) is 0.923. The summed E-state index contributed by atoms with van der Waals surface area (Å²) in [5, 5.41) is 4.94. The Bertz CT molecular complexity index is 1490. The smallest absolute Gasteiger partial charge is 0.256 e. The number of carbonyl (C=O) groups excluding carboxylic acids is 2. The van der Waals surface area contributed by atoms with E-state index >= 15 is 0 Å². The standard InChI is InChI=1S/C25H25Cl2N7O2/c1-13(22-31-18-7-6-14(26)9-20(18)32-22)30-23-16-10-17(27)15(11-19(16)28-12-29-23)24(35)34-8-4-5-21(34)25(36)33(2)3/h6-7,9-13,21H,4-5,8H2,1-3H3,(H,31,32)(H,28,29,30)/t13-,21-/m0/s1. The molecular formula is C25H25Cl2N7O2. The van der Waals surface area contributed by atoms with Gasteiger partial charge in [0, 0.05) is 31.0 Å². The summed E-state index contributed by atoms with van der Waals surface area (Å²) in [6, 6.07) is 8.15. The van der Waals surface area contributed by atoms with Gasteiger partial charge in [-0.25, -0.2) is 15.0 Å². The fourth-order valence-electron chi connectivity index (χ4n) is 4.55. The van der Waals surface area contributed by atoms with Crippen molar-refractivity contribution in [2.45, 2.75) is 31.8 Å². The van der Waals surface area contributed by atoms with Gasteiger partial charge in [-0.05, 0) is 50.1 Å². The van der Waals surface area contributed by atoms with Crippen LogP contribution < -0.4 is 5.32 Å². The van der Waals surface area contributed by atoms with Crippen LogP contribution in [0.2, 0.25) is 10.0 Å². The Balaban J connectivity index is 1.43. The molecular weight excluding hydrogens is 501 g/mol. The van der Waals surface area contributed by atoms with Gasteiger partial charge in [0.15, 0.2) is 0 Å². The van der Waals surface area contributed by atoms with E-state index in [4.69, 9.17) is 23.2 Å². The van der Waals surface area contributed by atoms with Crippen LogP contribution in [0.15, 0.2) is 36.7 Å². The van der Waals surface area contributed by atoms with Gasteiger partial charge in [-0.15, -0.1) is 0 Å². The number of aromatic nitrogens is 4. The molecule has 0 unspecified atom stereocenters. The van der Waals surface area contributed by atoms with Gasteiger partial charge < -0.3 is 20.1 Å². The van der Waals surface area contributed by atoms with Crippen molar-refractivity contribution >= 4 is 62.8 Å². The molecule has 5 rings (SSSR count). The van der Waals surface area contributed by atoms with Crippen LogP contribution in [0.4, 0.5) is 5.82 Å². The molecule has 2 aromatic heterocycles. The minimum atomic E-state index is -0.485. The van der Waals surface area contributed by atoms with Crippen LogP contribution in [0.25, 0.3) is 21.9 Å². The molecule has 11 heteroatoms. The summed E-state index contributed by atoms with van der Waals surface area (Å²) >= 11 is 12.7. The van der Waals surface area contributed by atoms with Crippen molar-refractivity contribution < 1.29 is 9.59 Å². The summed E-state index contributed by atoms with van der Waals surface area (Å²) in [6.07, 6.45) is 2.84. The number of carbonyl (C=O) groups is 2. The molecule has 1 fully saturated rings. The number of aromatic amines is 1. The number of halogens is 2. The molecule has 1 aliphatic rings. The molecule has 0 saturated carbocycles. The molecule has 0 spiro atoms. The maximum Gasteiger partial charge on any atom is 0.256 e. The van der Waals surface area contributed by atoms with Gasteiger partial charge >= 0.3 is 0 Å². The van der Waals surface area contributed by atoms with Crippen LogP contribution in [-0.2, 0) is 4.79 Å². The number of anilines is 1. The number of nitrogens with zero attached hydrogens (tertiary/aromatic N) is 5. The van der Waals surface area contributed by atoms with Crippen LogP contribution in [0, 0.1) is 0 Å². The molecule has 9 nitrogen and oxygen atoms in total. The predicted octanol–water partition coefficient (Wildman–Crippen LogP) is 4.68. The lowest BCUT2D eigenvalue weighted by Crippen LogP contribution is -2.45. The third-order valence-corrected chi connectivity index (χ3v) is 6.97. The Morgan fingerprint density at radius 2 is 1.97 bits per heavy atom. The maximum atomic E-state index is 13.4. The Kier molecular flexibility index (Phi) is 6.44. The van der Waals surface area contributed by atoms with Gasteiger partial charge in [-0.2, -0.15) is 0 Å². The second-order valence-electron chi connectivity index (χ2n) is 9.11. The van der Waals surface area contributed by atoms with E-state index in [-0.39, 0.29) is 22.9 Å². The fourth-order valence-corrected chi connectivity index (χ4v) is 4.97. The number of likely N-dealkylation sites (tertiary alicyclic amines) is 1. The molecule has 3 heterocycles. The minimum absolute atomic E-state index is 0.0894. The highest BCUT2D eigenvalue weighted by atomic mass is 35.5. The average Bonchev–Trinajstić information content (AvgIpc) is 3.50. The quantitative estimate of drug-likeness (QED) is 0.391. The Morgan fingerprint density at radius 1 is 1.17 bits per heavy atom. The number of hydrogen-bond donors (Lipinski definition) is 2. The van der Waals surface area contributed by atoms with Crippen LogP contribution >= 0.6 is 23.2 Å². The number of fused-ring (bicyclic) bond motifs is 2. The number of imidazole rings is 1. The first-order valence-electron chi connectivity index (χ1n) is 11.6. The zero-order chi connectivity index (χ0) is 25.6. The van der Waals surface area contributed by atoms with Crippen molar-refractivity contribution in [1.82, 2.24) is 29.7 Å². The maximum absolute atomic E-state index is 13.4. The van der Waals surface area contributed by atoms with Gasteiger partial charge in [-0.3, -0.25) is 9.59 Å². The molecule has 186 valence electrons. The Labute approximate surface area is 217 Å². The molecule has 2 atom stereocenters. The first-order valence-corrected chi connectivity index (χ1v) is 12.4. The van der Waals surface area contributed by atoms with Gasteiger partial charge in [0.05, 0.1) is 33.2 Å². The Hall–Kier alpha value is -3.43. The molecule has 2 N–H and O–H groups in total. The topological polar surface area (TPSA) is 107 Å². The third-order valence-electron chi connectivity index (χ3n) is 6.42. The number of hydrogen-bond acceptors (Lipinski definition) is 6. The monoisotopic (exact) mass is 525 g/mol. The van der Waals surface area contributed by atoms with Gasteiger partial charge in [0.1, 0.15) is 24.0 Å². The van der Waals surface area contributed by atoms with E-state index in [1.54, 1.807) is 37.2 Å². The van der Waals surface area contributed by atoms with E-state index < -0.39 is 6.04 Å². The summed E-state index contributed by atoms with van der Waals surface area (Å²) in [6.45, 7) is 2.47. The number of nitrogens with one attached hydrogen (secondary N) is 2. The first kappa shape index (κ1) is 24.3. The summed E-state index contributed by atoms with van der Waals surface area (Å²) < 4.78 is 0. The Morgan fingerprint density at radius 3 is 2.75 bits per heavy atom. The highest BCUT2D eigenvalue weighted by Crippen LogP contribution is 2.31. The molecule has 0 bridgehead atoms.